The number of ether oxygens (including phenoxy) is 2. The van der Waals surface area contributed by atoms with Crippen LogP contribution in [-0.2, 0) is 26.2 Å². The van der Waals surface area contributed by atoms with E-state index in [0.717, 1.165) is 15.4 Å². The van der Waals surface area contributed by atoms with Crippen molar-refractivity contribution in [2.24, 2.45) is 0 Å². The van der Waals surface area contributed by atoms with Crippen molar-refractivity contribution in [3.8, 4) is 11.5 Å². The van der Waals surface area contributed by atoms with Gasteiger partial charge in [0, 0.05) is 12.1 Å². The van der Waals surface area contributed by atoms with E-state index in [1.807, 2.05) is 58.9 Å². The molecular weight excluding hydrogens is 554 g/mol. The molecule has 0 aliphatic carbocycles. The van der Waals surface area contributed by atoms with Gasteiger partial charge >= 0.3 is 0 Å². The molecule has 0 saturated heterocycles. The minimum absolute atomic E-state index is 0.0235. The van der Waals surface area contributed by atoms with Gasteiger partial charge in [-0.25, -0.2) is 8.42 Å². The van der Waals surface area contributed by atoms with Gasteiger partial charge in [0.05, 0.1) is 24.8 Å². The number of para-hydroxylation sites is 2. The molecule has 9 nitrogen and oxygen atoms in total. The molecule has 1 atom stereocenters. The summed E-state index contributed by atoms with van der Waals surface area (Å²) in [6.45, 7) is 8.97. The zero-order valence-corrected chi connectivity index (χ0v) is 26.2. The summed E-state index contributed by atoms with van der Waals surface area (Å²) >= 11 is 0. The van der Waals surface area contributed by atoms with Gasteiger partial charge in [0.1, 0.15) is 24.1 Å². The second kappa shape index (κ2) is 13.7. The lowest BCUT2D eigenvalue weighted by Gasteiger charge is -2.35. The number of nitrogens with zero attached hydrogens (tertiary/aromatic N) is 2. The molecular formula is C32H41N3O6S. The highest BCUT2D eigenvalue weighted by Crippen LogP contribution is 2.33. The van der Waals surface area contributed by atoms with Crippen molar-refractivity contribution < 1.29 is 27.5 Å². The highest BCUT2D eigenvalue weighted by molar-refractivity contribution is 7.92. The van der Waals surface area contributed by atoms with Crippen LogP contribution in [0.25, 0.3) is 0 Å². The van der Waals surface area contributed by atoms with E-state index in [1.165, 1.54) is 31.3 Å². The molecule has 0 aliphatic heterocycles. The largest absolute Gasteiger partial charge is 0.497 e. The lowest BCUT2D eigenvalue weighted by Crippen LogP contribution is -2.55. The summed E-state index contributed by atoms with van der Waals surface area (Å²) in [5.41, 5.74) is 1.55. The van der Waals surface area contributed by atoms with Crippen molar-refractivity contribution in [1.82, 2.24) is 10.2 Å². The van der Waals surface area contributed by atoms with Crippen molar-refractivity contribution in [1.29, 1.82) is 0 Å². The molecule has 226 valence electrons. The summed E-state index contributed by atoms with van der Waals surface area (Å²) in [5.74, 6) is -0.0689. The van der Waals surface area contributed by atoms with Gasteiger partial charge in [0.25, 0.3) is 10.0 Å². The molecule has 0 radical (unpaired) electrons. The van der Waals surface area contributed by atoms with Gasteiger partial charge in [-0.1, -0.05) is 48.9 Å². The Morgan fingerprint density at radius 3 is 2.07 bits per heavy atom. The van der Waals surface area contributed by atoms with Crippen LogP contribution in [0.3, 0.4) is 0 Å². The number of amides is 2. The van der Waals surface area contributed by atoms with Crippen molar-refractivity contribution >= 4 is 27.5 Å². The fourth-order valence-electron chi connectivity index (χ4n) is 4.49. The predicted molar refractivity (Wildman–Crippen MR) is 164 cm³/mol. The van der Waals surface area contributed by atoms with E-state index in [9.17, 15) is 18.0 Å². The van der Waals surface area contributed by atoms with Crippen LogP contribution in [-0.4, -0.2) is 57.5 Å². The number of aryl methyl sites for hydroxylation is 1. The number of hydrogen-bond acceptors (Lipinski definition) is 6. The third kappa shape index (κ3) is 8.03. The number of benzene rings is 3. The summed E-state index contributed by atoms with van der Waals surface area (Å²) in [6.07, 6.45) is 0.333. The first-order chi connectivity index (χ1) is 19.8. The van der Waals surface area contributed by atoms with Gasteiger partial charge in [0.2, 0.25) is 11.8 Å². The molecule has 0 aromatic heterocycles. The minimum Gasteiger partial charge on any atom is -0.497 e. The van der Waals surface area contributed by atoms with Crippen molar-refractivity contribution in [3.63, 3.8) is 0 Å². The predicted octanol–water partition coefficient (Wildman–Crippen LogP) is 4.93. The summed E-state index contributed by atoms with van der Waals surface area (Å²) in [4.78, 5) is 29.1. The fourth-order valence-corrected chi connectivity index (χ4v) is 5.91. The molecule has 0 aliphatic rings. The Labute approximate surface area is 249 Å². The molecule has 2 amide bonds. The molecule has 42 heavy (non-hydrogen) atoms. The van der Waals surface area contributed by atoms with E-state index in [4.69, 9.17) is 9.47 Å². The van der Waals surface area contributed by atoms with Gasteiger partial charge in [-0.3, -0.25) is 13.9 Å². The summed E-state index contributed by atoms with van der Waals surface area (Å²) in [6, 6.07) is 19.4. The first kappa shape index (κ1) is 32.5. The van der Waals surface area contributed by atoms with Crippen LogP contribution >= 0.6 is 0 Å². The molecule has 0 saturated carbocycles. The highest BCUT2D eigenvalue weighted by Gasteiger charge is 2.35. The standard InChI is InChI=1S/C32H41N3O6S/c1-8-27(31(37)33-32(3,4)5)34(21-24-15-13-23(2)14-16-24)30(36)22-35(28-11-9-10-12-29(28)41-7)42(38,39)26-19-17-25(40-6)18-20-26/h9-20,27H,8,21-22H2,1-7H3,(H,33,37)/t27-/m0/s1. The molecule has 1 N–H and O–H groups in total. The number of sulfonamides is 1. The van der Waals surface area contributed by atoms with Crippen LogP contribution in [0.5, 0.6) is 11.5 Å². The van der Waals surface area contributed by atoms with Crippen molar-refractivity contribution in [2.75, 3.05) is 25.1 Å². The first-order valence-electron chi connectivity index (χ1n) is 13.8. The topological polar surface area (TPSA) is 105 Å². The monoisotopic (exact) mass is 595 g/mol. The third-order valence-corrected chi connectivity index (χ3v) is 8.41. The lowest BCUT2D eigenvalue weighted by molar-refractivity contribution is -0.141. The molecule has 0 unspecified atom stereocenters. The number of hydrogen-bond donors (Lipinski definition) is 1. The Kier molecular flexibility index (Phi) is 10.6. The number of rotatable bonds is 12. The zero-order chi connectivity index (χ0) is 31.1. The molecule has 3 aromatic carbocycles. The summed E-state index contributed by atoms with van der Waals surface area (Å²) in [5, 5.41) is 2.97. The maximum absolute atomic E-state index is 14.2. The number of carbonyl (C=O) groups excluding carboxylic acids is 2. The number of carbonyl (C=O) groups is 2. The van der Waals surface area contributed by atoms with E-state index in [1.54, 1.807) is 36.4 Å². The lowest BCUT2D eigenvalue weighted by atomic mass is 10.1. The molecule has 0 spiro atoms. The fraction of sp³-hybridized carbons (Fsp3) is 0.375. The van der Waals surface area contributed by atoms with Crippen LogP contribution < -0.4 is 19.1 Å². The summed E-state index contributed by atoms with van der Waals surface area (Å²) in [7, 11) is -1.32. The smallest absolute Gasteiger partial charge is 0.264 e. The Morgan fingerprint density at radius 2 is 1.52 bits per heavy atom. The molecule has 3 rings (SSSR count). The van der Waals surface area contributed by atoms with E-state index >= 15 is 0 Å². The molecule has 3 aromatic rings. The van der Waals surface area contributed by atoms with Crippen molar-refractivity contribution in [3.05, 3.63) is 83.9 Å². The van der Waals surface area contributed by atoms with Gasteiger partial charge in [-0.05, 0) is 76.1 Å². The van der Waals surface area contributed by atoms with E-state index in [2.05, 4.69) is 5.32 Å². The Balaban J connectivity index is 2.11. The van der Waals surface area contributed by atoms with Crippen LogP contribution in [0.4, 0.5) is 5.69 Å². The van der Waals surface area contributed by atoms with E-state index in [-0.39, 0.29) is 28.8 Å². The Hall–Kier alpha value is -4.05. The quantitative estimate of drug-likeness (QED) is 0.318. The van der Waals surface area contributed by atoms with Gasteiger partial charge in [-0.2, -0.15) is 0 Å². The maximum atomic E-state index is 14.2. The molecule has 0 fully saturated rings. The number of nitrogens with one attached hydrogen (secondary N) is 1. The van der Waals surface area contributed by atoms with Crippen LogP contribution in [0, 0.1) is 6.92 Å². The average molecular weight is 596 g/mol. The summed E-state index contributed by atoms with van der Waals surface area (Å²) < 4.78 is 39.9. The van der Waals surface area contributed by atoms with Gasteiger partial charge in [-0.15, -0.1) is 0 Å². The van der Waals surface area contributed by atoms with Gasteiger partial charge in [0.15, 0.2) is 0 Å². The first-order valence-corrected chi connectivity index (χ1v) is 15.2. The van der Waals surface area contributed by atoms with E-state index in [0.29, 0.717) is 12.2 Å². The average Bonchev–Trinajstić information content (AvgIpc) is 2.95. The minimum atomic E-state index is -4.25. The second-order valence-corrected chi connectivity index (χ2v) is 12.9. The Morgan fingerprint density at radius 1 is 0.905 bits per heavy atom. The van der Waals surface area contributed by atoms with Crippen LogP contribution in [0.15, 0.2) is 77.7 Å². The zero-order valence-electron chi connectivity index (χ0n) is 25.4. The van der Waals surface area contributed by atoms with Crippen LogP contribution in [0.1, 0.15) is 45.2 Å². The molecule has 0 heterocycles. The van der Waals surface area contributed by atoms with Crippen LogP contribution in [0.2, 0.25) is 0 Å². The van der Waals surface area contributed by atoms with Crippen molar-refractivity contribution in [2.45, 2.75) is 64.1 Å². The molecule has 10 heteroatoms. The third-order valence-electron chi connectivity index (χ3n) is 6.64. The maximum Gasteiger partial charge on any atom is 0.264 e. The number of anilines is 1. The Bertz CT molecular complexity index is 1470. The molecule has 0 bridgehead atoms. The van der Waals surface area contributed by atoms with E-state index < -0.39 is 34.1 Å². The normalized spacial score (nSPS) is 12.3. The SMILES string of the molecule is CC[C@@H](C(=O)NC(C)(C)C)N(Cc1ccc(C)cc1)C(=O)CN(c1ccccc1OC)S(=O)(=O)c1ccc(OC)cc1. The number of methoxy groups -OCH3 is 2. The van der Waals surface area contributed by atoms with Gasteiger partial charge < -0.3 is 19.7 Å². The highest BCUT2D eigenvalue weighted by atomic mass is 32.2. The second-order valence-electron chi connectivity index (χ2n) is 11.0.